The van der Waals surface area contributed by atoms with Crippen LogP contribution < -0.4 is 38.1 Å². The number of rotatable bonds is 20. The molecule has 0 heterocycles. The third-order valence-corrected chi connectivity index (χ3v) is 7.48. The van der Waals surface area contributed by atoms with Gasteiger partial charge in [-0.3, -0.25) is 28.8 Å². The molecule has 0 aliphatic heterocycles. The molecule has 0 saturated heterocycles. The van der Waals surface area contributed by atoms with Crippen molar-refractivity contribution in [3.8, 4) is 5.75 Å². The molecule has 17 nitrogen and oxygen atoms in total. The van der Waals surface area contributed by atoms with Crippen LogP contribution in [0.3, 0.4) is 0 Å². The van der Waals surface area contributed by atoms with E-state index in [9.17, 15) is 48.9 Å². The van der Waals surface area contributed by atoms with E-state index in [2.05, 4.69) is 26.6 Å². The van der Waals surface area contributed by atoms with Gasteiger partial charge in [0.15, 0.2) is 0 Å². The van der Waals surface area contributed by atoms with Crippen LogP contribution >= 0.6 is 0 Å². The van der Waals surface area contributed by atoms with Crippen molar-refractivity contribution in [1.29, 1.82) is 0 Å². The number of aliphatic carboxylic acids is 1. The number of carboxylic acids is 1. The minimum Gasteiger partial charge on any atom is -0.508 e. The Morgan fingerprint density at radius 3 is 1.73 bits per heavy atom. The number of carbonyl (C=O) groups is 7. The molecule has 0 saturated carbocycles. The van der Waals surface area contributed by atoms with Crippen molar-refractivity contribution >= 4 is 41.4 Å². The predicted molar refractivity (Wildman–Crippen MR) is 177 cm³/mol. The van der Waals surface area contributed by atoms with Gasteiger partial charge in [-0.25, -0.2) is 4.79 Å². The van der Waals surface area contributed by atoms with Gasteiger partial charge in [0, 0.05) is 12.8 Å². The van der Waals surface area contributed by atoms with E-state index in [-0.39, 0.29) is 43.3 Å². The Morgan fingerprint density at radius 2 is 1.24 bits per heavy atom. The Balaban J connectivity index is 3.21. The molecule has 0 fully saturated rings. The van der Waals surface area contributed by atoms with Crippen LogP contribution in [0.4, 0.5) is 0 Å². The summed E-state index contributed by atoms with van der Waals surface area (Å²) in [5.41, 5.74) is 11.6. The number of amides is 6. The number of carbonyl (C=O) groups excluding carboxylic acids is 6. The molecule has 12 N–H and O–H groups in total. The molecule has 0 radical (unpaired) electrons. The summed E-state index contributed by atoms with van der Waals surface area (Å²) < 4.78 is 0. The molecule has 274 valence electrons. The summed E-state index contributed by atoms with van der Waals surface area (Å²) in [6.07, 6.45) is -2.01. The Morgan fingerprint density at radius 1 is 0.714 bits per heavy atom. The van der Waals surface area contributed by atoms with E-state index in [0.717, 1.165) is 0 Å². The number of hydrogen-bond donors (Lipinski definition) is 10. The summed E-state index contributed by atoms with van der Waals surface area (Å²) in [6, 6.07) is -2.09. The molecule has 1 aromatic carbocycles. The zero-order valence-corrected chi connectivity index (χ0v) is 28.7. The standard InChI is InChI=1S/C32H51N7O10/c1-15(2)13-23(32(48)49)38-28(44)21(11-12-24(33)42)36-27(43)17(5)35-29(45)22(14-19-7-9-20(41)10-8-19)37-31(47)26(18(6)40)39-30(46)25(34)16(3)4/h7-10,15-18,21-23,25-26,40-41H,11-14,34H2,1-6H3,(H2,33,42)(H,35,45)(H,36,43)(H,37,47)(H,38,44)(H,39,46)(H,48,49)/t17-,18+,21-,22-,23-,25-,26-/m0/s1. The third kappa shape index (κ3) is 14.9. The molecule has 1 rings (SSSR count). The van der Waals surface area contributed by atoms with Crippen molar-refractivity contribution in [2.75, 3.05) is 0 Å². The lowest BCUT2D eigenvalue weighted by Gasteiger charge is -2.27. The summed E-state index contributed by atoms with van der Waals surface area (Å²) >= 11 is 0. The Kier molecular flexibility index (Phi) is 17.2. The van der Waals surface area contributed by atoms with Gasteiger partial charge in [-0.1, -0.05) is 39.8 Å². The SMILES string of the molecule is CC(C)C[C@H](NC(=O)[C@H](CCC(N)=O)NC(=O)[C@H](C)NC(=O)[C@H](Cc1ccc(O)cc1)NC(=O)[C@@H](NC(=O)[C@@H](N)C(C)C)[C@@H](C)O)C(=O)O. The van der Waals surface area contributed by atoms with E-state index in [1.54, 1.807) is 27.7 Å². The number of aromatic hydroxyl groups is 1. The smallest absolute Gasteiger partial charge is 0.326 e. The van der Waals surface area contributed by atoms with Gasteiger partial charge in [-0.15, -0.1) is 0 Å². The van der Waals surface area contributed by atoms with E-state index in [1.165, 1.54) is 38.1 Å². The van der Waals surface area contributed by atoms with Crippen LogP contribution in [0.25, 0.3) is 0 Å². The van der Waals surface area contributed by atoms with Crippen molar-refractivity contribution < 1.29 is 48.9 Å². The average Bonchev–Trinajstić information content (AvgIpc) is 3.00. The Hall–Kier alpha value is -4.77. The van der Waals surface area contributed by atoms with Crippen LogP contribution in [0.1, 0.15) is 66.4 Å². The molecular weight excluding hydrogens is 642 g/mol. The molecule has 0 aliphatic carbocycles. The molecule has 49 heavy (non-hydrogen) atoms. The summed E-state index contributed by atoms with van der Waals surface area (Å²) in [6.45, 7) is 9.48. The van der Waals surface area contributed by atoms with Crippen LogP contribution in [-0.4, -0.2) is 99.1 Å². The highest BCUT2D eigenvalue weighted by atomic mass is 16.4. The number of phenolic OH excluding ortho intramolecular Hbond substituents is 1. The first-order chi connectivity index (χ1) is 22.7. The number of aliphatic hydroxyl groups excluding tert-OH is 1. The lowest BCUT2D eigenvalue weighted by atomic mass is 10.0. The number of primary amides is 1. The van der Waals surface area contributed by atoms with Crippen LogP contribution in [0.15, 0.2) is 24.3 Å². The van der Waals surface area contributed by atoms with Gasteiger partial charge in [-0.05, 0) is 56.2 Å². The van der Waals surface area contributed by atoms with Crippen molar-refractivity contribution in [2.45, 2.75) is 110 Å². The molecule has 6 amide bonds. The largest absolute Gasteiger partial charge is 0.508 e. The molecule has 0 spiro atoms. The minimum absolute atomic E-state index is 0.0498. The normalized spacial score (nSPS) is 15.5. The van der Waals surface area contributed by atoms with E-state index in [0.29, 0.717) is 5.56 Å². The molecule has 0 aromatic heterocycles. The topological polar surface area (TPSA) is 292 Å². The molecule has 17 heteroatoms. The molecule has 0 unspecified atom stereocenters. The lowest BCUT2D eigenvalue weighted by Crippen LogP contribution is -2.61. The van der Waals surface area contributed by atoms with Crippen molar-refractivity contribution in [2.24, 2.45) is 23.3 Å². The summed E-state index contributed by atoms with van der Waals surface area (Å²) in [5.74, 6) is -6.70. The van der Waals surface area contributed by atoms with Crippen LogP contribution in [0.5, 0.6) is 5.75 Å². The van der Waals surface area contributed by atoms with E-state index in [4.69, 9.17) is 11.5 Å². The highest BCUT2D eigenvalue weighted by molar-refractivity contribution is 5.96. The number of phenols is 1. The van der Waals surface area contributed by atoms with Gasteiger partial charge in [-0.2, -0.15) is 0 Å². The van der Waals surface area contributed by atoms with Gasteiger partial charge in [0.25, 0.3) is 0 Å². The fourth-order valence-corrected chi connectivity index (χ4v) is 4.49. The number of nitrogens with one attached hydrogen (secondary N) is 5. The van der Waals surface area contributed by atoms with Crippen molar-refractivity contribution in [3.05, 3.63) is 29.8 Å². The number of nitrogens with two attached hydrogens (primary N) is 2. The second-order valence-corrected chi connectivity index (χ2v) is 12.8. The highest BCUT2D eigenvalue weighted by Gasteiger charge is 2.33. The first-order valence-corrected chi connectivity index (χ1v) is 16.0. The quantitative estimate of drug-likeness (QED) is 0.0722. The van der Waals surface area contributed by atoms with E-state index in [1.807, 2.05) is 0 Å². The first-order valence-electron chi connectivity index (χ1n) is 16.0. The predicted octanol–water partition coefficient (Wildman–Crippen LogP) is -1.86. The van der Waals surface area contributed by atoms with Gasteiger partial charge >= 0.3 is 5.97 Å². The summed E-state index contributed by atoms with van der Waals surface area (Å²) in [7, 11) is 0. The lowest BCUT2D eigenvalue weighted by molar-refractivity contribution is -0.143. The number of hydrogen-bond acceptors (Lipinski definition) is 10. The average molecular weight is 694 g/mol. The van der Waals surface area contributed by atoms with E-state index >= 15 is 0 Å². The highest BCUT2D eigenvalue weighted by Crippen LogP contribution is 2.13. The third-order valence-electron chi connectivity index (χ3n) is 7.48. The monoisotopic (exact) mass is 693 g/mol. The van der Waals surface area contributed by atoms with Gasteiger partial charge in [0.1, 0.15) is 36.0 Å². The maximum atomic E-state index is 13.5. The van der Waals surface area contributed by atoms with Crippen LogP contribution in [-0.2, 0) is 40.0 Å². The second kappa shape index (κ2) is 19.9. The zero-order valence-electron chi connectivity index (χ0n) is 28.7. The fourth-order valence-electron chi connectivity index (χ4n) is 4.49. The van der Waals surface area contributed by atoms with Crippen LogP contribution in [0.2, 0.25) is 0 Å². The van der Waals surface area contributed by atoms with Gasteiger partial charge in [0.05, 0.1) is 12.1 Å². The molecular formula is C32H51N7O10. The van der Waals surface area contributed by atoms with Crippen molar-refractivity contribution in [3.63, 3.8) is 0 Å². The van der Waals surface area contributed by atoms with Crippen molar-refractivity contribution in [1.82, 2.24) is 26.6 Å². The number of aliphatic hydroxyl groups is 1. The molecule has 0 aliphatic rings. The Labute approximate surface area is 285 Å². The number of benzene rings is 1. The summed E-state index contributed by atoms with van der Waals surface area (Å²) in [5, 5.41) is 41.6. The minimum atomic E-state index is -1.50. The second-order valence-electron chi connectivity index (χ2n) is 12.8. The molecule has 1 aromatic rings. The van der Waals surface area contributed by atoms with Gasteiger partial charge < -0.3 is 53.4 Å². The Bertz CT molecular complexity index is 1320. The maximum absolute atomic E-state index is 13.5. The maximum Gasteiger partial charge on any atom is 0.326 e. The van der Waals surface area contributed by atoms with Gasteiger partial charge in [0.2, 0.25) is 35.4 Å². The van der Waals surface area contributed by atoms with E-state index < -0.39 is 83.8 Å². The zero-order chi connectivity index (χ0) is 37.6. The van der Waals surface area contributed by atoms with Crippen LogP contribution in [0, 0.1) is 11.8 Å². The number of carboxylic acid groups (broad SMARTS) is 1. The fraction of sp³-hybridized carbons (Fsp3) is 0.594. The molecule has 7 atom stereocenters. The molecule has 0 bridgehead atoms. The summed E-state index contributed by atoms with van der Waals surface area (Å²) in [4.78, 5) is 88.7. The first kappa shape index (κ1) is 42.3.